The SMILES string of the molecule is CCCCCCCCC(C)CC(CCCCCCCC)CC(C)C. The summed E-state index contributed by atoms with van der Waals surface area (Å²) < 4.78 is 0. The fourth-order valence-corrected chi connectivity index (χ4v) is 4.17. The summed E-state index contributed by atoms with van der Waals surface area (Å²) in [5.41, 5.74) is 0. The molecule has 0 aliphatic carbocycles. The topological polar surface area (TPSA) is 0 Å². The zero-order chi connectivity index (χ0) is 18.0. The molecule has 0 aromatic heterocycles. The minimum atomic E-state index is 0.872. The Bertz CT molecular complexity index is 230. The van der Waals surface area contributed by atoms with Crippen LogP contribution in [0.5, 0.6) is 0 Å². The minimum absolute atomic E-state index is 0.872. The molecule has 0 spiro atoms. The van der Waals surface area contributed by atoms with Crippen LogP contribution in [0.3, 0.4) is 0 Å². The zero-order valence-electron chi connectivity index (χ0n) is 18.0. The van der Waals surface area contributed by atoms with Gasteiger partial charge in [0.15, 0.2) is 0 Å². The maximum absolute atomic E-state index is 2.51. The van der Waals surface area contributed by atoms with Crippen molar-refractivity contribution in [2.75, 3.05) is 0 Å². The van der Waals surface area contributed by atoms with Gasteiger partial charge in [-0.2, -0.15) is 0 Å². The maximum atomic E-state index is 2.51. The summed E-state index contributed by atoms with van der Waals surface area (Å²) in [6, 6.07) is 0. The van der Waals surface area contributed by atoms with Gasteiger partial charge in [0.1, 0.15) is 0 Å². The molecule has 0 amide bonds. The minimum Gasteiger partial charge on any atom is -0.0654 e. The van der Waals surface area contributed by atoms with Gasteiger partial charge in [0.2, 0.25) is 0 Å². The summed E-state index contributed by atoms with van der Waals surface area (Å²) in [6.07, 6.45) is 23.2. The molecule has 0 saturated carbocycles. The molecule has 0 heterocycles. The van der Waals surface area contributed by atoms with Crippen molar-refractivity contribution in [3.8, 4) is 0 Å². The number of rotatable bonds is 18. The van der Waals surface area contributed by atoms with Gasteiger partial charge in [0, 0.05) is 0 Å². The van der Waals surface area contributed by atoms with Crippen LogP contribution in [-0.2, 0) is 0 Å². The lowest BCUT2D eigenvalue weighted by Crippen LogP contribution is -2.10. The van der Waals surface area contributed by atoms with Crippen LogP contribution < -0.4 is 0 Å². The molecule has 0 rings (SSSR count). The van der Waals surface area contributed by atoms with Crippen LogP contribution in [0.4, 0.5) is 0 Å². The Morgan fingerprint density at radius 3 is 1.46 bits per heavy atom. The molecule has 0 aromatic rings. The Hall–Kier alpha value is 0. The van der Waals surface area contributed by atoms with Crippen molar-refractivity contribution >= 4 is 0 Å². The predicted octanol–water partition coefficient (Wildman–Crippen LogP) is 9.18. The first-order valence-corrected chi connectivity index (χ1v) is 11.6. The molecule has 0 radical (unpaired) electrons. The number of unbranched alkanes of at least 4 members (excludes halogenated alkanes) is 10. The van der Waals surface area contributed by atoms with E-state index in [0.29, 0.717) is 0 Å². The van der Waals surface area contributed by atoms with Crippen molar-refractivity contribution < 1.29 is 0 Å². The first kappa shape index (κ1) is 24.0. The van der Waals surface area contributed by atoms with Crippen LogP contribution in [0.2, 0.25) is 0 Å². The largest absolute Gasteiger partial charge is 0.0654 e. The molecule has 0 aliphatic rings. The highest BCUT2D eigenvalue weighted by Gasteiger charge is 2.14. The average molecular weight is 339 g/mol. The lowest BCUT2D eigenvalue weighted by Gasteiger charge is -2.23. The molecule has 0 fully saturated rings. The van der Waals surface area contributed by atoms with Crippen LogP contribution in [0.25, 0.3) is 0 Å². The molecule has 2 unspecified atom stereocenters. The third kappa shape index (κ3) is 16.8. The van der Waals surface area contributed by atoms with Gasteiger partial charge in [0.05, 0.1) is 0 Å². The molecular weight excluding hydrogens is 288 g/mol. The standard InChI is InChI=1S/C24H50/c1-6-8-10-12-14-16-18-23(5)21-24(20-22(3)4)19-17-15-13-11-9-7-2/h22-24H,6-21H2,1-5H3. The van der Waals surface area contributed by atoms with Crippen molar-refractivity contribution in [2.24, 2.45) is 17.8 Å². The molecule has 0 heteroatoms. The molecule has 0 bridgehead atoms. The highest BCUT2D eigenvalue weighted by Crippen LogP contribution is 2.28. The van der Waals surface area contributed by atoms with Gasteiger partial charge >= 0.3 is 0 Å². The Labute approximate surface area is 155 Å². The molecule has 2 atom stereocenters. The molecule has 0 saturated heterocycles. The van der Waals surface area contributed by atoms with Crippen molar-refractivity contribution in [1.82, 2.24) is 0 Å². The molecule has 146 valence electrons. The van der Waals surface area contributed by atoms with Crippen LogP contribution in [0.1, 0.15) is 137 Å². The lowest BCUT2D eigenvalue weighted by molar-refractivity contribution is 0.294. The molecule has 0 N–H and O–H groups in total. The molecule has 0 nitrogen and oxygen atoms in total. The normalized spacial score (nSPS) is 14.2. The summed E-state index contributed by atoms with van der Waals surface area (Å²) in [5, 5.41) is 0. The van der Waals surface area contributed by atoms with Crippen molar-refractivity contribution in [3.05, 3.63) is 0 Å². The van der Waals surface area contributed by atoms with Crippen molar-refractivity contribution in [3.63, 3.8) is 0 Å². The Morgan fingerprint density at radius 2 is 0.958 bits per heavy atom. The maximum Gasteiger partial charge on any atom is -0.0409 e. The summed E-state index contributed by atoms with van der Waals surface area (Å²) in [6.45, 7) is 11.9. The number of hydrogen-bond acceptors (Lipinski definition) is 0. The second-order valence-corrected chi connectivity index (χ2v) is 8.95. The van der Waals surface area contributed by atoms with E-state index in [-0.39, 0.29) is 0 Å². The Balaban J connectivity index is 3.82. The van der Waals surface area contributed by atoms with Gasteiger partial charge < -0.3 is 0 Å². The third-order valence-electron chi connectivity index (χ3n) is 5.56. The first-order chi connectivity index (χ1) is 11.6. The lowest BCUT2D eigenvalue weighted by atomic mass is 9.83. The van der Waals surface area contributed by atoms with Crippen LogP contribution in [-0.4, -0.2) is 0 Å². The second-order valence-electron chi connectivity index (χ2n) is 8.95. The van der Waals surface area contributed by atoms with E-state index in [9.17, 15) is 0 Å². The van der Waals surface area contributed by atoms with E-state index >= 15 is 0 Å². The third-order valence-corrected chi connectivity index (χ3v) is 5.56. The van der Waals surface area contributed by atoms with Crippen LogP contribution in [0, 0.1) is 17.8 Å². The second kappa shape index (κ2) is 17.8. The van der Waals surface area contributed by atoms with Gasteiger partial charge in [-0.15, -0.1) is 0 Å². The summed E-state index contributed by atoms with van der Waals surface area (Å²) in [5.74, 6) is 2.81. The van der Waals surface area contributed by atoms with Crippen LogP contribution in [0.15, 0.2) is 0 Å². The van der Waals surface area contributed by atoms with E-state index in [1.165, 1.54) is 103 Å². The van der Waals surface area contributed by atoms with Crippen LogP contribution >= 0.6 is 0 Å². The monoisotopic (exact) mass is 338 g/mol. The van der Waals surface area contributed by atoms with Gasteiger partial charge in [-0.3, -0.25) is 0 Å². The summed E-state index contributed by atoms with van der Waals surface area (Å²) >= 11 is 0. The highest BCUT2D eigenvalue weighted by atomic mass is 14.2. The smallest absolute Gasteiger partial charge is 0.0409 e. The fraction of sp³-hybridized carbons (Fsp3) is 1.00. The van der Waals surface area contributed by atoms with Gasteiger partial charge in [-0.05, 0) is 30.6 Å². The zero-order valence-corrected chi connectivity index (χ0v) is 18.0. The molecular formula is C24H50. The van der Waals surface area contributed by atoms with Crippen molar-refractivity contribution in [1.29, 1.82) is 0 Å². The number of hydrogen-bond donors (Lipinski definition) is 0. The molecule has 24 heavy (non-hydrogen) atoms. The van der Waals surface area contributed by atoms with Gasteiger partial charge in [-0.1, -0.05) is 125 Å². The van der Waals surface area contributed by atoms with E-state index in [4.69, 9.17) is 0 Å². The molecule has 0 aliphatic heterocycles. The Kier molecular flexibility index (Phi) is 17.8. The summed E-state index contributed by atoms with van der Waals surface area (Å²) in [7, 11) is 0. The van der Waals surface area contributed by atoms with E-state index in [1.807, 2.05) is 0 Å². The first-order valence-electron chi connectivity index (χ1n) is 11.6. The highest BCUT2D eigenvalue weighted by molar-refractivity contribution is 4.67. The van der Waals surface area contributed by atoms with Gasteiger partial charge in [-0.25, -0.2) is 0 Å². The Morgan fingerprint density at radius 1 is 0.500 bits per heavy atom. The quantitative estimate of drug-likeness (QED) is 0.218. The van der Waals surface area contributed by atoms with E-state index in [1.54, 1.807) is 0 Å². The predicted molar refractivity (Wildman–Crippen MR) is 113 cm³/mol. The van der Waals surface area contributed by atoms with E-state index < -0.39 is 0 Å². The summed E-state index contributed by atoms with van der Waals surface area (Å²) in [4.78, 5) is 0. The average Bonchev–Trinajstić information content (AvgIpc) is 2.53. The van der Waals surface area contributed by atoms with Crippen molar-refractivity contribution in [2.45, 2.75) is 137 Å². The van der Waals surface area contributed by atoms with E-state index in [2.05, 4.69) is 34.6 Å². The fourth-order valence-electron chi connectivity index (χ4n) is 4.17. The molecule has 0 aromatic carbocycles. The van der Waals surface area contributed by atoms with E-state index in [0.717, 1.165) is 17.8 Å². The van der Waals surface area contributed by atoms with Gasteiger partial charge in [0.25, 0.3) is 0 Å².